The molecule has 0 atom stereocenters. The highest BCUT2D eigenvalue weighted by Gasteiger charge is 2.16. The molecule has 0 amide bonds. The predicted octanol–water partition coefficient (Wildman–Crippen LogP) is 5.70. The molecule has 2 N–H and O–H groups in total. The molecular weight excluding hydrogens is 467 g/mol. The Balaban J connectivity index is 0.00000306. The normalized spacial score (nSPS) is 10.8. The first-order valence-corrected chi connectivity index (χ1v) is 10.4. The molecule has 0 radical (unpaired) electrons. The van der Waals surface area contributed by atoms with Gasteiger partial charge in [-0.1, -0.05) is 35.0 Å². The van der Waals surface area contributed by atoms with Gasteiger partial charge >= 0.3 is 5.97 Å². The maximum Gasteiger partial charge on any atom is 0.305 e. The number of carbonyl (C=O) groups is 1. The molecule has 0 aliphatic heterocycles. The third kappa shape index (κ3) is 5.53. The van der Waals surface area contributed by atoms with Crippen molar-refractivity contribution in [1.29, 1.82) is 0 Å². The van der Waals surface area contributed by atoms with Crippen LogP contribution in [0.1, 0.15) is 20.3 Å². The van der Waals surface area contributed by atoms with Crippen LogP contribution in [-0.4, -0.2) is 38.8 Å². The molecule has 0 saturated heterocycles. The number of nitrogens with zero attached hydrogens (tertiary/aromatic N) is 3. The van der Waals surface area contributed by atoms with Gasteiger partial charge in [-0.25, -0.2) is 4.98 Å². The number of rotatable bonds is 8. The molecule has 4 rings (SSSR count). The molecule has 0 aliphatic rings. The highest BCUT2D eigenvalue weighted by atomic mass is 35.5. The summed E-state index contributed by atoms with van der Waals surface area (Å²) in [6.07, 6.45) is 1.66. The van der Waals surface area contributed by atoms with Crippen LogP contribution in [0, 0.1) is 0 Å². The van der Waals surface area contributed by atoms with E-state index < -0.39 is 5.97 Å². The molecule has 2 heterocycles. The topological polar surface area (TPSA) is 110 Å². The Labute approximate surface area is 201 Å². The number of anilines is 1. The van der Waals surface area contributed by atoms with Gasteiger partial charge in [0.25, 0.3) is 5.89 Å². The summed E-state index contributed by atoms with van der Waals surface area (Å²) < 4.78 is 11.2. The minimum Gasteiger partial charge on any atom is -0.489 e. The van der Waals surface area contributed by atoms with Crippen molar-refractivity contribution in [2.45, 2.75) is 26.4 Å². The molecule has 0 aliphatic carbocycles. The SMILES string of the molecule is CC(C)Oc1ccc(-c2nc(-c3cccc4c(NCCC(=O)O)nccc34)no2)cc1Cl.Cl. The Morgan fingerprint density at radius 2 is 2.03 bits per heavy atom. The summed E-state index contributed by atoms with van der Waals surface area (Å²) in [5, 5.41) is 18.2. The number of ether oxygens (including phenoxy) is 1. The van der Waals surface area contributed by atoms with Crippen LogP contribution in [0.15, 0.2) is 53.2 Å². The van der Waals surface area contributed by atoms with E-state index in [2.05, 4.69) is 20.4 Å². The van der Waals surface area contributed by atoms with Crippen molar-refractivity contribution in [2.75, 3.05) is 11.9 Å². The number of benzene rings is 2. The van der Waals surface area contributed by atoms with Crippen LogP contribution >= 0.6 is 24.0 Å². The van der Waals surface area contributed by atoms with E-state index in [9.17, 15) is 4.79 Å². The molecule has 0 saturated carbocycles. The monoisotopic (exact) mass is 488 g/mol. The fourth-order valence-corrected chi connectivity index (χ4v) is 3.49. The number of nitrogens with one attached hydrogen (secondary N) is 1. The first-order chi connectivity index (χ1) is 15.4. The number of fused-ring (bicyclic) bond motifs is 1. The van der Waals surface area contributed by atoms with Crippen molar-refractivity contribution in [1.82, 2.24) is 15.1 Å². The van der Waals surface area contributed by atoms with E-state index in [1.165, 1.54) is 0 Å². The molecule has 33 heavy (non-hydrogen) atoms. The molecule has 2 aromatic carbocycles. The second-order valence-electron chi connectivity index (χ2n) is 7.37. The van der Waals surface area contributed by atoms with Gasteiger partial charge in [-0.15, -0.1) is 12.4 Å². The summed E-state index contributed by atoms with van der Waals surface area (Å²) in [5.41, 5.74) is 1.45. The lowest BCUT2D eigenvalue weighted by atomic mass is 10.1. The van der Waals surface area contributed by atoms with Crippen LogP contribution in [0.2, 0.25) is 5.02 Å². The Kier molecular flexibility index (Phi) is 7.73. The van der Waals surface area contributed by atoms with Gasteiger partial charge in [0.15, 0.2) is 0 Å². The number of hydrogen-bond donors (Lipinski definition) is 2. The summed E-state index contributed by atoms with van der Waals surface area (Å²) >= 11 is 6.34. The van der Waals surface area contributed by atoms with E-state index in [1.807, 2.05) is 44.2 Å². The van der Waals surface area contributed by atoms with E-state index >= 15 is 0 Å². The molecule has 8 nitrogen and oxygen atoms in total. The number of halogens is 2. The lowest BCUT2D eigenvalue weighted by Gasteiger charge is -2.11. The minimum atomic E-state index is -0.873. The number of pyridine rings is 1. The van der Waals surface area contributed by atoms with Crippen LogP contribution in [0.4, 0.5) is 5.82 Å². The van der Waals surface area contributed by atoms with Crippen molar-refractivity contribution in [2.24, 2.45) is 0 Å². The van der Waals surface area contributed by atoms with Gasteiger partial charge < -0.3 is 19.7 Å². The quantitative estimate of drug-likeness (QED) is 0.324. The van der Waals surface area contributed by atoms with Crippen molar-refractivity contribution in [3.8, 4) is 28.6 Å². The van der Waals surface area contributed by atoms with Crippen molar-refractivity contribution in [3.63, 3.8) is 0 Å². The zero-order valence-electron chi connectivity index (χ0n) is 17.9. The largest absolute Gasteiger partial charge is 0.489 e. The minimum absolute atomic E-state index is 0. The van der Waals surface area contributed by atoms with Crippen molar-refractivity contribution < 1.29 is 19.2 Å². The summed E-state index contributed by atoms with van der Waals surface area (Å²) in [7, 11) is 0. The molecule has 0 spiro atoms. The van der Waals surface area contributed by atoms with E-state index in [1.54, 1.807) is 18.3 Å². The van der Waals surface area contributed by atoms with Gasteiger partial charge in [0.1, 0.15) is 11.6 Å². The summed E-state index contributed by atoms with van der Waals surface area (Å²) in [6.45, 7) is 4.14. The number of carboxylic acid groups (broad SMARTS) is 1. The predicted molar refractivity (Wildman–Crippen MR) is 129 cm³/mol. The van der Waals surface area contributed by atoms with Crippen molar-refractivity contribution in [3.05, 3.63) is 53.7 Å². The fraction of sp³-hybridized carbons (Fsp3) is 0.217. The highest BCUT2D eigenvalue weighted by Crippen LogP contribution is 2.33. The van der Waals surface area contributed by atoms with Gasteiger partial charge in [0, 0.05) is 29.3 Å². The van der Waals surface area contributed by atoms with Gasteiger partial charge in [0.05, 0.1) is 17.5 Å². The Morgan fingerprint density at radius 1 is 1.21 bits per heavy atom. The van der Waals surface area contributed by atoms with Crippen LogP contribution in [0.3, 0.4) is 0 Å². The van der Waals surface area contributed by atoms with Crippen molar-refractivity contribution >= 4 is 46.6 Å². The molecule has 172 valence electrons. The number of carboxylic acids is 1. The molecule has 0 bridgehead atoms. The molecule has 4 aromatic rings. The molecule has 10 heteroatoms. The average Bonchev–Trinajstić information content (AvgIpc) is 3.24. The van der Waals surface area contributed by atoms with Crippen LogP contribution < -0.4 is 10.1 Å². The van der Waals surface area contributed by atoms with Gasteiger partial charge in [-0.2, -0.15) is 4.98 Å². The summed E-state index contributed by atoms with van der Waals surface area (Å²) in [5.74, 6) is 1.08. The summed E-state index contributed by atoms with van der Waals surface area (Å²) in [6, 6.07) is 12.9. The Morgan fingerprint density at radius 3 is 2.76 bits per heavy atom. The average molecular weight is 489 g/mol. The van der Waals surface area contributed by atoms with Gasteiger partial charge in [0.2, 0.25) is 5.82 Å². The smallest absolute Gasteiger partial charge is 0.305 e. The molecule has 0 unspecified atom stereocenters. The third-order valence-corrected chi connectivity index (χ3v) is 4.94. The Hall–Kier alpha value is -3.36. The zero-order valence-corrected chi connectivity index (χ0v) is 19.5. The van der Waals surface area contributed by atoms with Crippen LogP contribution in [-0.2, 0) is 4.79 Å². The number of aliphatic carboxylic acids is 1. The summed E-state index contributed by atoms with van der Waals surface area (Å²) in [4.78, 5) is 19.7. The Bertz CT molecular complexity index is 1280. The standard InChI is InChI=1S/C23H21ClN4O4.ClH/c1-13(2)31-19-7-6-14(12-18(19)24)23-27-22(28-32-23)17-5-3-4-16-15(17)8-10-25-21(16)26-11-9-20(29)30;/h3-8,10,12-13H,9,11H2,1-2H3,(H,25,26)(H,29,30);1H. The first kappa shape index (κ1) is 24.3. The lowest BCUT2D eigenvalue weighted by Crippen LogP contribution is -2.08. The zero-order chi connectivity index (χ0) is 22.7. The van der Waals surface area contributed by atoms with E-state index in [4.69, 9.17) is 26.0 Å². The second kappa shape index (κ2) is 10.5. The molecular formula is C23H22Cl2N4O4. The third-order valence-electron chi connectivity index (χ3n) is 4.65. The lowest BCUT2D eigenvalue weighted by molar-refractivity contribution is -0.136. The maximum absolute atomic E-state index is 10.8. The molecule has 0 fully saturated rings. The van der Waals surface area contributed by atoms with E-state index in [0.717, 1.165) is 16.3 Å². The number of aromatic nitrogens is 3. The van der Waals surface area contributed by atoms with Crippen LogP contribution in [0.25, 0.3) is 33.6 Å². The van der Waals surface area contributed by atoms with E-state index in [-0.39, 0.29) is 31.5 Å². The first-order valence-electron chi connectivity index (χ1n) is 10.1. The molecule has 2 aromatic heterocycles. The highest BCUT2D eigenvalue weighted by molar-refractivity contribution is 6.32. The van der Waals surface area contributed by atoms with E-state index in [0.29, 0.717) is 33.9 Å². The fourth-order valence-electron chi connectivity index (χ4n) is 3.26. The van der Waals surface area contributed by atoms with Gasteiger partial charge in [-0.05, 0) is 43.5 Å². The van der Waals surface area contributed by atoms with Gasteiger partial charge in [-0.3, -0.25) is 4.79 Å². The second-order valence-corrected chi connectivity index (χ2v) is 7.77. The number of hydrogen-bond acceptors (Lipinski definition) is 7. The van der Waals surface area contributed by atoms with Crippen LogP contribution in [0.5, 0.6) is 5.75 Å². The maximum atomic E-state index is 10.8.